The molecule has 4 nitrogen and oxygen atoms in total. The quantitative estimate of drug-likeness (QED) is 0.528. The second-order valence-corrected chi connectivity index (χ2v) is 7.22. The molecule has 128 valence electrons. The van der Waals surface area contributed by atoms with Crippen LogP contribution in [-0.4, -0.2) is 15.7 Å². The van der Waals surface area contributed by atoms with Gasteiger partial charge < -0.3 is 5.32 Å². The molecule has 1 aromatic heterocycles. The molecule has 0 atom stereocenters. The van der Waals surface area contributed by atoms with Gasteiger partial charge in [-0.2, -0.15) is 5.10 Å². The Morgan fingerprint density at radius 1 is 1.08 bits per heavy atom. The van der Waals surface area contributed by atoms with E-state index in [-0.39, 0.29) is 10.6 Å². The van der Waals surface area contributed by atoms with Crippen molar-refractivity contribution in [3.05, 3.63) is 79.3 Å². The first-order valence-corrected chi connectivity index (χ1v) is 9.10. The lowest BCUT2D eigenvalue weighted by atomic mass is 10.2. The average molecular weight is 460 g/mol. The van der Waals surface area contributed by atoms with E-state index in [0.29, 0.717) is 26.9 Å². The number of aromatic nitrogens is 2. The third kappa shape index (κ3) is 4.18. The van der Waals surface area contributed by atoms with Crippen LogP contribution >= 0.6 is 50.7 Å². The van der Waals surface area contributed by atoms with Crippen LogP contribution in [0.4, 0.5) is 5.82 Å². The number of hydrogen-bond donors (Lipinski definition) is 1. The summed E-state index contributed by atoms with van der Waals surface area (Å²) in [7, 11) is 0. The molecule has 3 rings (SSSR count). The highest BCUT2D eigenvalue weighted by Crippen LogP contribution is 2.27. The molecule has 0 aliphatic rings. The first-order valence-electron chi connectivity index (χ1n) is 7.17. The topological polar surface area (TPSA) is 46.9 Å². The molecular formula is C17H11BrCl3N3O. The highest BCUT2D eigenvalue weighted by Gasteiger charge is 2.16. The van der Waals surface area contributed by atoms with Crippen LogP contribution in [0.1, 0.15) is 15.9 Å². The zero-order valence-corrected chi connectivity index (χ0v) is 16.5. The van der Waals surface area contributed by atoms with Gasteiger partial charge in [-0.3, -0.25) is 9.48 Å². The summed E-state index contributed by atoms with van der Waals surface area (Å²) in [6, 6.07) is 12.4. The van der Waals surface area contributed by atoms with Crippen LogP contribution in [-0.2, 0) is 6.54 Å². The Labute approximate surface area is 167 Å². The molecule has 0 aliphatic carbocycles. The lowest BCUT2D eigenvalue weighted by Crippen LogP contribution is -2.14. The molecule has 25 heavy (non-hydrogen) atoms. The van der Waals surface area contributed by atoms with E-state index in [0.717, 1.165) is 5.56 Å². The summed E-state index contributed by atoms with van der Waals surface area (Å²) in [5, 5.41) is 8.27. The molecule has 0 fully saturated rings. The zero-order valence-electron chi connectivity index (χ0n) is 12.6. The van der Waals surface area contributed by atoms with Crippen LogP contribution in [0.15, 0.2) is 53.1 Å². The Balaban J connectivity index is 1.80. The van der Waals surface area contributed by atoms with Crippen LogP contribution in [0.3, 0.4) is 0 Å². The second-order valence-electron chi connectivity index (χ2n) is 5.17. The number of carbonyl (C=O) groups excluding carboxylic acids is 1. The summed E-state index contributed by atoms with van der Waals surface area (Å²) in [4.78, 5) is 12.4. The van der Waals surface area contributed by atoms with E-state index in [2.05, 4.69) is 26.3 Å². The number of benzene rings is 2. The van der Waals surface area contributed by atoms with Crippen LogP contribution in [0, 0.1) is 0 Å². The molecule has 0 saturated carbocycles. The van der Waals surface area contributed by atoms with E-state index in [1.165, 1.54) is 0 Å². The summed E-state index contributed by atoms with van der Waals surface area (Å²) < 4.78 is 2.33. The highest BCUT2D eigenvalue weighted by atomic mass is 79.9. The van der Waals surface area contributed by atoms with E-state index < -0.39 is 5.91 Å². The molecule has 0 saturated heterocycles. The summed E-state index contributed by atoms with van der Waals surface area (Å²) in [6.45, 7) is 0.478. The van der Waals surface area contributed by atoms with Gasteiger partial charge in [-0.05, 0) is 39.7 Å². The van der Waals surface area contributed by atoms with E-state index in [1.807, 2.05) is 24.3 Å². The number of hydrogen-bond acceptors (Lipinski definition) is 2. The lowest BCUT2D eigenvalue weighted by molar-refractivity contribution is 0.102. The number of nitrogens with one attached hydrogen (secondary N) is 1. The van der Waals surface area contributed by atoms with Gasteiger partial charge in [0.15, 0.2) is 5.82 Å². The molecule has 0 aliphatic heterocycles. The second kappa shape index (κ2) is 7.79. The van der Waals surface area contributed by atoms with Crippen molar-refractivity contribution in [2.24, 2.45) is 0 Å². The summed E-state index contributed by atoms with van der Waals surface area (Å²) in [6.07, 6.45) is 1.76. The molecule has 3 aromatic rings. The third-order valence-electron chi connectivity index (χ3n) is 3.44. The summed E-state index contributed by atoms with van der Waals surface area (Å²) in [5.74, 6) is -0.00992. The van der Waals surface area contributed by atoms with Gasteiger partial charge in [-0.25, -0.2) is 0 Å². The third-order valence-corrected chi connectivity index (χ3v) is 5.20. The molecule has 1 N–H and O–H groups in total. The Bertz CT molecular complexity index is 943. The first kappa shape index (κ1) is 18.3. The minimum absolute atomic E-state index is 0.202. The Morgan fingerprint density at radius 3 is 2.56 bits per heavy atom. The highest BCUT2D eigenvalue weighted by molar-refractivity contribution is 9.10. The zero-order chi connectivity index (χ0) is 18.0. The van der Waals surface area contributed by atoms with E-state index in [4.69, 9.17) is 34.8 Å². The van der Waals surface area contributed by atoms with Crippen LogP contribution in [0.5, 0.6) is 0 Å². The number of anilines is 1. The lowest BCUT2D eigenvalue weighted by Gasteiger charge is -2.06. The number of nitrogens with zero attached hydrogens (tertiary/aromatic N) is 2. The van der Waals surface area contributed by atoms with Crippen molar-refractivity contribution in [1.29, 1.82) is 0 Å². The van der Waals surface area contributed by atoms with Crippen LogP contribution in [0.2, 0.25) is 15.1 Å². The largest absolute Gasteiger partial charge is 0.304 e. The molecule has 8 heteroatoms. The predicted octanol–water partition coefficient (Wildman–Crippen LogP) is 5.91. The fourth-order valence-corrected chi connectivity index (χ4v) is 3.21. The maximum atomic E-state index is 12.4. The van der Waals surface area contributed by atoms with Crippen molar-refractivity contribution in [1.82, 2.24) is 9.78 Å². The van der Waals surface area contributed by atoms with Gasteiger partial charge in [0.25, 0.3) is 5.91 Å². The van der Waals surface area contributed by atoms with Gasteiger partial charge >= 0.3 is 0 Å². The van der Waals surface area contributed by atoms with Gasteiger partial charge in [0.1, 0.15) is 0 Å². The maximum absolute atomic E-state index is 12.4. The van der Waals surface area contributed by atoms with Gasteiger partial charge in [-0.15, -0.1) is 0 Å². The van der Waals surface area contributed by atoms with E-state index in [1.54, 1.807) is 29.1 Å². The maximum Gasteiger partial charge on any atom is 0.258 e. The monoisotopic (exact) mass is 457 g/mol. The molecule has 1 heterocycles. The minimum atomic E-state index is -0.392. The molecule has 0 bridgehead atoms. The van der Waals surface area contributed by atoms with Crippen LogP contribution in [0.25, 0.3) is 0 Å². The van der Waals surface area contributed by atoms with Crippen molar-refractivity contribution in [2.45, 2.75) is 6.54 Å². The number of amides is 1. The number of halogens is 4. The molecule has 2 aromatic carbocycles. The summed E-state index contributed by atoms with van der Waals surface area (Å²) in [5.41, 5.74) is 1.21. The Kier molecular flexibility index (Phi) is 5.69. The van der Waals surface area contributed by atoms with E-state index in [9.17, 15) is 4.79 Å². The smallest absolute Gasteiger partial charge is 0.258 e. The van der Waals surface area contributed by atoms with Crippen molar-refractivity contribution in [3.8, 4) is 0 Å². The number of rotatable bonds is 4. The molecule has 0 radical (unpaired) electrons. The standard InChI is InChI=1S/C17H11BrCl3N3O/c18-12-9-24(8-10-4-1-2-6-13(10)19)23-16(12)22-17(25)11-5-3-7-14(20)15(11)21/h1-7,9H,8H2,(H,22,23,25). The molecule has 0 unspecified atom stereocenters. The van der Waals surface area contributed by atoms with Crippen molar-refractivity contribution < 1.29 is 4.79 Å². The Hall–Kier alpha value is -1.53. The molecular weight excluding hydrogens is 448 g/mol. The molecule has 1 amide bonds. The Morgan fingerprint density at radius 2 is 1.80 bits per heavy atom. The first-order chi connectivity index (χ1) is 12.0. The summed E-state index contributed by atoms with van der Waals surface area (Å²) >= 11 is 21.6. The van der Waals surface area contributed by atoms with Gasteiger partial charge in [0.05, 0.1) is 26.6 Å². The SMILES string of the molecule is O=C(Nc1nn(Cc2ccccc2Cl)cc1Br)c1cccc(Cl)c1Cl. The van der Waals surface area contributed by atoms with Crippen molar-refractivity contribution >= 4 is 62.5 Å². The predicted molar refractivity (Wildman–Crippen MR) is 105 cm³/mol. The fraction of sp³-hybridized carbons (Fsp3) is 0.0588. The number of carbonyl (C=O) groups is 1. The van der Waals surface area contributed by atoms with Gasteiger partial charge in [0, 0.05) is 11.2 Å². The minimum Gasteiger partial charge on any atom is -0.304 e. The van der Waals surface area contributed by atoms with Gasteiger partial charge in [0.2, 0.25) is 0 Å². The van der Waals surface area contributed by atoms with Crippen LogP contribution < -0.4 is 5.32 Å². The van der Waals surface area contributed by atoms with E-state index >= 15 is 0 Å². The van der Waals surface area contributed by atoms with Crippen molar-refractivity contribution in [3.63, 3.8) is 0 Å². The normalized spacial score (nSPS) is 10.7. The van der Waals surface area contributed by atoms with Gasteiger partial charge in [-0.1, -0.05) is 59.1 Å². The average Bonchev–Trinajstić information content (AvgIpc) is 2.91. The fourth-order valence-electron chi connectivity index (χ4n) is 2.22. The molecule has 0 spiro atoms. The van der Waals surface area contributed by atoms with Crippen molar-refractivity contribution in [2.75, 3.05) is 5.32 Å².